The lowest BCUT2D eigenvalue weighted by atomic mass is 9.98. The number of carbonyl (C=O) groups excluding carboxylic acids is 3. The summed E-state index contributed by atoms with van der Waals surface area (Å²) >= 11 is 0. The standard InChI is InChI=1S/C17H24N4O6S/c1-12(2)19-17(24)20-15(22)11-27-16(23)13-5-8-21(9-6-13)28(25,26)14-4-3-7-18-10-14/h3-4,7,10,12-13H,5-6,8-9,11H2,1-2H3,(H2,19,20,22,24). The number of carbonyl (C=O) groups is 3. The van der Waals surface area contributed by atoms with Gasteiger partial charge in [0.05, 0.1) is 5.92 Å². The molecule has 1 saturated heterocycles. The van der Waals surface area contributed by atoms with Crippen molar-refractivity contribution in [2.24, 2.45) is 5.92 Å². The molecule has 0 spiro atoms. The summed E-state index contributed by atoms with van der Waals surface area (Å²) in [5.74, 6) is -1.82. The van der Waals surface area contributed by atoms with Gasteiger partial charge in [0, 0.05) is 31.5 Å². The number of hydrogen-bond acceptors (Lipinski definition) is 7. The summed E-state index contributed by atoms with van der Waals surface area (Å²) in [5.41, 5.74) is 0. The fourth-order valence-corrected chi connectivity index (χ4v) is 4.13. The van der Waals surface area contributed by atoms with Crippen LogP contribution in [-0.2, 0) is 24.3 Å². The molecule has 0 aliphatic carbocycles. The maximum Gasteiger partial charge on any atom is 0.321 e. The Hall–Kier alpha value is -2.53. The Bertz CT molecular complexity index is 804. The van der Waals surface area contributed by atoms with Crippen molar-refractivity contribution in [3.05, 3.63) is 24.5 Å². The zero-order chi connectivity index (χ0) is 20.7. The third-order valence-corrected chi connectivity index (χ3v) is 5.96. The maximum absolute atomic E-state index is 12.5. The number of aromatic nitrogens is 1. The fraction of sp³-hybridized carbons (Fsp3) is 0.529. The van der Waals surface area contributed by atoms with Crippen molar-refractivity contribution >= 4 is 27.9 Å². The number of esters is 1. The first-order valence-electron chi connectivity index (χ1n) is 8.87. The summed E-state index contributed by atoms with van der Waals surface area (Å²) < 4.78 is 31.3. The molecule has 154 valence electrons. The molecule has 0 radical (unpaired) electrons. The molecule has 2 heterocycles. The van der Waals surface area contributed by atoms with Crippen LogP contribution in [0, 0.1) is 5.92 Å². The number of amides is 3. The Morgan fingerprint density at radius 2 is 1.96 bits per heavy atom. The van der Waals surface area contributed by atoms with E-state index in [1.807, 2.05) is 0 Å². The van der Waals surface area contributed by atoms with Crippen molar-refractivity contribution in [3.8, 4) is 0 Å². The van der Waals surface area contributed by atoms with Gasteiger partial charge in [-0.3, -0.25) is 19.9 Å². The minimum Gasteiger partial charge on any atom is -0.455 e. The maximum atomic E-state index is 12.5. The van der Waals surface area contributed by atoms with Gasteiger partial charge < -0.3 is 10.1 Å². The van der Waals surface area contributed by atoms with Crippen molar-refractivity contribution < 1.29 is 27.5 Å². The van der Waals surface area contributed by atoms with Crippen LogP contribution in [-0.4, -0.2) is 61.4 Å². The molecule has 2 N–H and O–H groups in total. The number of urea groups is 1. The predicted octanol–water partition coefficient (Wildman–Crippen LogP) is 0.260. The second-order valence-corrected chi connectivity index (χ2v) is 8.59. The Balaban J connectivity index is 1.79. The van der Waals surface area contributed by atoms with Crippen LogP contribution in [0.1, 0.15) is 26.7 Å². The predicted molar refractivity (Wildman–Crippen MR) is 98.5 cm³/mol. The fourth-order valence-electron chi connectivity index (χ4n) is 2.70. The molecule has 3 amide bonds. The molecule has 1 aliphatic heterocycles. The molecule has 0 bridgehead atoms. The van der Waals surface area contributed by atoms with Gasteiger partial charge >= 0.3 is 12.0 Å². The summed E-state index contributed by atoms with van der Waals surface area (Å²) in [6, 6.07) is 2.22. The third kappa shape index (κ3) is 5.99. The third-order valence-electron chi connectivity index (χ3n) is 4.08. The van der Waals surface area contributed by atoms with E-state index in [2.05, 4.69) is 15.6 Å². The van der Waals surface area contributed by atoms with Gasteiger partial charge in [0.25, 0.3) is 5.91 Å². The van der Waals surface area contributed by atoms with Gasteiger partial charge in [-0.2, -0.15) is 4.31 Å². The molecule has 0 atom stereocenters. The van der Waals surface area contributed by atoms with Crippen molar-refractivity contribution in [3.63, 3.8) is 0 Å². The molecule has 0 saturated carbocycles. The number of hydrogen-bond donors (Lipinski definition) is 2. The highest BCUT2D eigenvalue weighted by molar-refractivity contribution is 7.89. The molecule has 1 fully saturated rings. The average molecular weight is 412 g/mol. The lowest BCUT2D eigenvalue weighted by molar-refractivity contribution is -0.153. The smallest absolute Gasteiger partial charge is 0.321 e. The first-order valence-corrected chi connectivity index (χ1v) is 10.3. The second kappa shape index (κ2) is 9.60. The summed E-state index contributed by atoms with van der Waals surface area (Å²) in [7, 11) is -3.65. The van der Waals surface area contributed by atoms with E-state index in [-0.39, 0.29) is 36.9 Å². The molecule has 0 unspecified atom stereocenters. The van der Waals surface area contributed by atoms with E-state index in [1.165, 1.54) is 22.8 Å². The number of rotatable bonds is 6. The zero-order valence-corrected chi connectivity index (χ0v) is 16.6. The van der Waals surface area contributed by atoms with Gasteiger partial charge in [0.15, 0.2) is 6.61 Å². The van der Waals surface area contributed by atoms with Crippen molar-refractivity contribution in [2.75, 3.05) is 19.7 Å². The Morgan fingerprint density at radius 3 is 2.54 bits per heavy atom. The van der Waals surface area contributed by atoms with Gasteiger partial charge in [-0.25, -0.2) is 13.2 Å². The Kier molecular flexibility index (Phi) is 7.46. The van der Waals surface area contributed by atoms with Crippen LogP contribution in [0.3, 0.4) is 0 Å². The molecule has 10 nitrogen and oxygen atoms in total. The SMILES string of the molecule is CC(C)NC(=O)NC(=O)COC(=O)C1CCN(S(=O)(=O)c2cccnc2)CC1. The lowest BCUT2D eigenvalue weighted by Crippen LogP contribution is -2.44. The molecule has 1 aromatic heterocycles. The molecule has 1 aromatic rings. The first kappa shape index (κ1) is 21.8. The number of sulfonamides is 1. The average Bonchev–Trinajstić information content (AvgIpc) is 2.66. The summed E-state index contributed by atoms with van der Waals surface area (Å²) in [4.78, 5) is 39.1. The van der Waals surface area contributed by atoms with Crippen LogP contribution in [0.2, 0.25) is 0 Å². The van der Waals surface area contributed by atoms with E-state index in [9.17, 15) is 22.8 Å². The van der Waals surface area contributed by atoms with E-state index < -0.39 is 40.5 Å². The van der Waals surface area contributed by atoms with Gasteiger partial charge in [0.1, 0.15) is 4.90 Å². The summed E-state index contributed by atoms with van der Waals surface area (Å²) in [5, 5.41) is 4.53. The quantitative estimate of drug-likeness (QED) is 0.640. The number of nitrogens with one attached hydrogen (secondary N) is 2. The molecule has 28 heavy (non-hydrogen) atoms. The van der Waals surface area contributed by atoms with Crippen LogP contribution in [0.4, 0.5) is 4.79 Å². The highest BCUT2D eigenvalue weighted by atomic mass is 32.2. The van der Waals surface area contributed by atoms with E-state index in [0.717, 1.165) is 0 Å². The summed E-state index contributed by atoms with van der Waals surface area (Å²) in [6.07, 6.45) is 3.34. The molecule has 11 heteroatoms. The monoisotopic (exact) mass is 412 g/mol. The normalized spacial score (nSPS) is 15.8. The van der Waals surface area contributed by atoms with Crippen LogP contribution < -0.4 is 10.6 Å². The summed E-state index contributed by atoms with van der Waals surface area (Å²) in [6.45, 7) is 3.24. The minimum absolute atomic E-state index is 0.104. The second-order valence-electron chi connectivity index (χ2n) is 6.65. The number of pyridine rings is 1. The van der Waals surface area contributed by atoms with Crippen LogP contribution in [0.15, 0.2) is 29.4 Å². The minimum atomic E-state index is -3.65. The van der Waals surface area contributed by atoms with E-state index in [4.69, 9.17) is 4.74 Å². The van der Waals surface area contributed by atoms with Crippen LogP contribution >= 0.6 is 0 Å². The van der Waals surface area contributed by atoms with Crippen LogP contribution in [0.25, 0.3) is 0 Å². The van der Waals surface area contributed by atoms with Gasteiger partial charge in [-0.05, 0) is 38.8 Å². The van der Waals surface area contributed by atoms with Crippen LogP contribution in [0.5, 0.6) is 0 Å². The number of imide groups is 1. The van der Waals surface area contributed by atoms with Gasteiger partial charge in [-0.1, -0.05) is 0 Å². The lowest BCUT2D eigenvalue weighted by Gasteiger charge is -2.29. The van der Waals surface area contributed by atoms with E-state index in [1.54, 1.807) is 19.9 Å². The van der Waals surface area contributed by atoms with Crippen molar-refractivity contribution in [2.45, 2.75) is 37.6 Å². The molecular formula is C17H24N4O6S. The largest absolute Gasteiger partial charge is 0.455 e. The first-order chi connectivity index (χ1) is 13.2. The number of nitrogens with zero attached hydrogens (tertiary/aromatic N) is 2. The highest BCUT2D eigenvalue weighted by Gasteiger charge is 2.33. The van der Waals surface area contributed by atoms with Gasteiger partial charge in [-0.15, -0.1) is 0 Å². The molecule has 1 aliphatic rings. The molecule has 0 aromatic carbocycles. The topological polar surface area (TPSA) is 135 Å². The van der Waals surface area contributed by atoms with Gasteiger partial charge in [0.2, 0.25) is 10.0 Å². The Labute approximate surface area is 163 Å². The van der Waals surface area contributed by atoms with E-state index >= 15 is 0 Å². The molecular weight excluding hydrogens is 388 g/mol. The Morgan fingerprint density at radius 1 is 1.29 bits per heavy atom. The molecule has 2 rings (SSSR count). The highest BCUT2D eigenvalue weighted by Crippen LogP contribution is 2.24. The van der Waals surface area contributed by atoms with E-state index in [0.29, 0.717) is 0 Å². The number of ether oxygens (including phenoxy) is 1. The van der Waals surface area contributed by atoms with Crippen molar-refractivity contribution in [1.29, 1.82) is 0 Å². The zero-order valence-electron chi connectivity index (χ0n) is 15.8. The van der Waals surface area contributed by atoms with Crippen molar-refractivity contribution in [1.82, 2.24) is 19.9 Å². The number of piperidine rings is 1.